The number of esters is 1. The monoisotopic (exact) mass is 300 g/mol. The summed E-state index contributed by atoms with van der Waals surface area (Å²) in [5.41, 5.74) is 5.26. The number of urea groups is 1. The second kappa shape index (κ2) is 7.34. The number of methoxy groups -OCH3 is 1. The Bertz CT molecular complexity index is 533. The number of primary amides is 1. The number of benzene rings is 1. The molecule has 20 heavy (non-hydrogen) atoms. The zero-order chi connectivity index (χ0) is 15.1. The van der Waals surface area contributed by atoms with Crippen LogP contribution in [0.1, 0.15) is 5.56 Å². The minimum absolute atomic E-state index is 0.117. The fraction of sp³-hybridized carbons (Fsp3) is 0.250. The standard InChI is InChI=1S/C12H13ClN2O5/c1-19-9-3-2-8(13)4-7(9)5-11(17)20-6-10(16)15-12(14)18/h2-4H,5-6H2,1H3,(H3,14,15,16,18). The molecule has 0 heterocycles. The summed E-state index contributed by atoms with van der Waals surface area (Å²) in [6.45, 7) is -0.593. The summed E-state index contributed by atoms with van der Waals surface area (Å²) in [6, 6.07) is 3.79. The molecular weight excluding hydrogens is 288 g/mol. The van der Waals surface area contributed by atoms with Crippen molar-refractivity contribution < 1.29 is 23.9 Å². The molecule has 1 aromatic carbocycles. The minimum Gasteiger partial charge on any atom is -0.496 e. The van der Waals surface area contributed by atoms with Gasteiger partial charge in [0.05, 0.1) is 13.5 Å². The van der Waals surface area contributed by atoms with Crippen molar-refractivity contribution in [1.82, 2.24) is 5.32 Å². The SMILES string of the molecule is COc1ccc(Cl)cc1CC(=O)OCC(=O)NC(N)=O. The van der Waals surface area contributed by atoms with Gasteiger partial charge in [0.15, 0.2) is 6.61 Å². The number of nitrogens with two attached hydrogens (primary N) is 1. The van der Waals surface area contributed by atoms with Gasteiger partial charge in [0.2, 0.25) is 0 Å². The van der Waals surface area contributed by atoms with Crippen molar-refractivity contribution in [2.75, 3.05) is 13.7 Å². The Morgan fingerprint density at radius 3 is 2.65 bits per heavy atom. The molecule has 3 amide bonds. The molecule has 0 spiro atoms. The first kappa shape index (κ1) is 15.8. The molecule has 0 saturated heterocycles. The highest BCUT2D eigenvalue weighted by molar-refractivity contribution is 6.30. The largest absolute Gasteiger partial charge is 0.496 e. The van der Waals surface area contributed by atoms with Gasteiger partial charge in [-0.25, -0.2) is 4.79 Å². The smallest absolute Gasteiger partial charge is 0.318 e. The van der Waals surface area contributed by atoms with Crippen LogP contribution in [0.5, 0.6) is 5.75 Å². The maximum atomic E-state index is 11.6. The third-order valence-corrected chi connectivity index (χ3v) is 2.44. The molecule has 0 fully saturated rings. The van der Waals surface area contributed by atoms with E-state index in [1.807, 2.05) is 0 Å². The maximum Gasteiger partial charge on any atom is 0.318 e. The van der Waals surface area contributed by atoms with Gasteiger partial charge in [-0.15, -0.1) is 0 Å². The van der Waals surface area contributed by atoms with Crippen molar-refractivity contribution in [2.45, 2.75) is 6.42 Å². The van der Waals surface area contributed by atoms with Crippen molar-refractivity contribution in [3.8, 4) is 5.75 Å². The average Bonchev–Trinajstić information content (AvgIpc) is 2.36. The number of amides is 3. The van der Waals surface area contributed by atoms with E-state index in [0.29, 0.717) is 16.3 Å². The van der Waals surface area contributed by atoms with Crippen LogP contribution in [0.15, 0.2) is 18.2 Å². The number of hydrogen-bond donors (Lipinski definition) is 2. The Kier molecular flexibility index (Phi) is 5.79. The molecule has 0 radical (unpaired) electrons. The summed E-state index contributed by atoms with van der Waals surface area (Å²) in [6.07, 6.45) is -0.117. The van der Waals surface area contributed by atoms with Gasteiger partial charge in [-0.1, -0.05) is 11.6 Å². The van der Waals surface area contributed by atoms with Crippen LogP contribution in [-0.4, -0.2) is 31.6 Å². The predicted molar refractivity (Wildman–Crippen MR) is 70.4 cm³/mol. The summed E-state index contributed by atoms with van der Waals surface area (Å²) in [5.74, 6) is -0.984. The molecule has 0 unspecified atom stereocenters. The van der Waals surface area contributed by atoms with Crippen LogP contribution in [0, 0.1) is 0 Å². The molecule has 0 aliphatic carbocycles. The zero-order valence-corrected chi connectivity index (χ0v) is 11.4. The number of ether oxygens (including phenoxy) is 2. The van der Waals surface area contributed by atoms with E-state index in [-0.39, 0.29) is 6.42 Å². The Morgan fingerprint density at radius 1 is 1.35 bits per heavy atom. The van der Waals surface area contributed by atoms with E-state index in [1.54, 1.807) is 23.5 Å². The molecule has 108 valence electrons. The van der Waals surface area contributed by atoms with Crippen LogP contribution in [0.25, 0.3) is 0 Å². The molecule has 1 rings (SSSR count). The van der Waals surface area contributed by atoms with Crippen molar-refractivity contribution in [1.29, 1.82) is 0 Å². The van der Waals surface area contributed by atoms with Gasteiger partial charge in [-0.3, -0.25) is 14.9 Å². The van der Waals surface area contributed by atoms with E-state index in [0.717, 1.165) is 0 Å². The van der Waals surface area contributed by atoms with Crippen molar-refractivity contribution >= 4 is 29.5 Å². The number of halogens is 1. The second-order valence-electron chi connectivity index (χ2n) is 3.71. The lowest BCUT2D eigenvalue weighted by Gasteiger charge is -2.09. The third kappa shape index (κ3) is 5.15. The average molecular weight is 301 g/mol. The lowest BCUT2D eigenvalue weighted by Crippen LogP contribution is -2.37. The van der Waals surface area contributed by atoms with E-state index < -0.39 is 24.5 Å². The van der Waals surface area contributed by atoms with Gasteiger partial charge in [0.1, 0.15) is 5.75 Å². The molecule has 7 nitrogen and oxygen atoms in total. The summed E-state index contributed by atoms with van der Waals surface area (Å²) in [7, 11) is 1.46. The molecular formula is C12H13ClN2O5. The Balaban J connectivity index is 2.56. The second-order valence-corrected chi connectivity index (χ2v) is 4.14. The number of carbonyl (C=O) groups is 3. The molecule has 3 N–H and O–H groups in total. The van der Waals surface area contributed by atoms with Crippen LogP contribution in [-0.2, 0) is 20.7 Å². The molecule has 0 atom stereocenters. The molecule has 0 aromatic heterocycles. The summed E-state index contributed by atoms with van der Waals surface area (Å²) < 4.78 is 9.76. The van der Waals surface area contributed by atoms with E-state index in [2.05, 4.69) is 0 Å². The number of imide groups is 1. The molecule has 0 bridgehead atoms. The van der Waals surface area contributed by atoms with Gasteiger partial charge < -0.3 is 15.2 Å². The molecule has 1 aromatic rings. The Labute approximate surface area is 120 Å². The summed E-state index contributed by atoms with van der Waals surface area (Å²) >= 11 is 5.82. The Morgan fingerprint density at radius 2 is 2.05 bits per heavy atom. The molecule has 0 aliphatic rings. The number of nitrogens with one attached hydrogen (secondary N) is 1. The summed E-state index contributed by atoms with van der Waals surface area (Å²) in [5, 5.41) is 2.22. The highest BCUT2D eigenvalue weighted by atomic mass is 35.5. The maximum absolute atomic E-state index is 11.6. The first-order valence-corrected chi connectivity index (χ1v) is 5.87. The van der Waals surface area contributed by atoms with Crippen LogP contribution in [0.2, 0.25) is 5.02 Å². The topological polar surface area (TPSA) is 108 Å². The molecule has 0 saturated carbocycles. The lowest BCUT2D eigenvalue weighted by atomic mass is 10.1. The summed E-state index contributed by atoms with van der Waals surface area (Å²) in [4.78, 5) is 33.0. The molecule has 8 heteroatoms. The normalized spacial score (nSPS) is 9.70. The van der Waals surface area contributed by atoms with Crippen LogP contribution in [0.4, 0.5) is 4.79 Å². The lowest BCUT2D eigenvalue weighted by molar-refractivity contribution is -0.147. The number of hydrogen-bond acceptors (Lipinski definition) is 5. The van der Waals surface area contributed by atoms with Crippen molar-refractivity contribution in [2.24, 2.45) is 5.73 Å². The van der Waals surface area contributed by atoms with E-state index in [9.17, 15) is 14.4 Å². The minimum atomic E-state index is -1.01. The fourth-order valence-corrected chi connectivity index (χ4v) is 1.61. The fourth-order valence-electron chi connectivity index (χ4n) is 1.41. The van der Waals surface area contributed by atoms with E-state index in [1.165, 1.54) is 7.11 Å². The van der Waals surface area contributed by atoms with E-state index in [4.69, 9.17) is 26.8 Å². The predicted octanol–water partition coefficient (Wildman–Crippen LogP) is 0.629. The molecule has 0 aliphatic heterocycles. The number of rotatable bonds is 5. The first-order valence-electron chi connectivity index (χ1n) is 5.49. The third-order valence-electron chi connectivity index (χ3n) is 2.20. The first-order chi connectivity index (χ1) is 9.42. The van der Waals surface area contributed by atoms with Gasteiger partial charge in [-0.05, 0) is 18.2 Å². The van der Waals surface area contributed by atoms with Crippen LogP contribution >= 0.6 is 11.6 Å². The van der Waals surface area contributed by atoms with Crippen LogP contribution in [0.3, 0.4) is 0 Å². The van der Waals surface area contributed by atoms with Gasteiger partial charge in [0.25, 0.3) is 5.91 Å². The van der Waals surface area contributed by atoms with Crippen molar-refractivity contribution in [3.05, 3.63) is 28.8 Å². The highest BCUT2D eigenvalue weighted by Gasteiger charge is 2.13. The quantitative estimate of drug-likeness (QED) is 0.775. The Hall–Kier alpha value is -2.28. The van der Waals surface area contributed by atoms with Crippen LogP contribution < -0.4 is 15.8 Å². The van der Waals surface area contributed by atoms with E-state index >= 15 is 0 Å². The van der Waals surface area contributed by atoms with Gasteiger partial charge >= 0.3 is 12.0 Å². The zero-order valence-electron chi connectivity index (χ0n) is 10.6. The van der Waals surface area contributed by atoms with Gasteiger partial charge in [0, 0.05) is 10.6 Å². The van der Waals surface area contributed by atoms with Gasteiger partial charge in [-0.2, -0.15) is 0 Å². The number of carbonyl (C=O) groups excluding carboxylic acids is 3. The van der Waals surface area contributed by atoms with Crippen molar-refractivity contribution in [3.63, 3.8) is 0 Å². The highest BCUT2D eigenvalue weighted by Crippen LogP contribution is 2.23.